The zero-order valence-corrected chi connectivity index (χ0v) is 17.2. The summed E-state index contributed by atoms with van der Waals surface area (Å²) in [6.07, 6.45) is 16.9. The van der Waals surface area contributed by atoms with Gasteiger partial charge in [-0.15, -0.1) is 0 Å². The Labute approximate surface area is 148 Å². The third-order valence-electron chi connectivity index (χ3n) is 5.31. The van der Waals surface area contributed by atoms with E-state index in [2.05, 4.69) is 39.5 Å². The molecule has 0 aromatic heterocycles. The molecule has 140 valence electrons. The van der Waals surface area contributed by atoms with Gasteiger partial charge >= 0.3 is 0 Å². The Kier molecular flexibility index (Phi) is 16.8. The summed E-state index contributed by atoms with van der Waals surface area (Å²) >= 11 is 0. The first-order valence-electron chi connectivity index (χ1n) is 10.9. The van der Waals surface area contributed by atoms with Gasteiger partial charge in [0.05, 0.1) is 0 Å². The molecule has 23 heavy (non-hydrogen) atoms. The highest BCUT2D eigenvalue weighted by Crippen LogP contribution is 2.21. The Morgan fingerprint density at radius 3 is 1.26 bits per heavy atom. The predicted octanol–water partition coefficient (Wildman–Crippen LogP) is 7.30. The maximum absolute atomic E-state index is 2.78. The lowest BCUT2D eigenvalue weighted by Gasteiger charge is -2.30. The molecule has 0 bridgehead atoms. The third-order valence-corrected chi connectivity index (χ3v) is 5.31. The lowest BCUT2D eigenvalue weighted by molar-refractivity contribution is 0.183. The molecule has 0 saturated heterocycles. The fraction of sp³-hybridized carbons (Fsp3) is 1.00. The van der Waals surface area contributed by atoms with Gasteiger partial charge in [-0.3, -0.25) is 0 Å². The van der Waals surface area contributed by atoms with Crippen LogP contribution >= 0.6 is 0 Å². The molecule has 1 nitrogen and oxygen atoms in total. The van der Waals surface area contributed by atoms with E-state index in [9.17, 15) is 0 Å². The molecule has 0 radical (unpaired) electrons. The van der Waals surface area contributed by atoms with Gasteiger partial charge in [0.2, 0.25) is 0 Å². The topological polar surface area (TPSA) is 3.24 Å². The maximum atomic E-state index is 2.78. The van der Waals surface area contributed by atoms with E-state index in [1.165, 1.54) is 96.7 Å². The van der Waals surface area contributed by atoms with Crippen molar-refractivity contribution in [3.8, 4) is 0 Å². The van der Waals surface area contributed by atoms with Crippen LogP contribution in [0.3, 0.4) is 0 Å². The summed E-state index contributed by atoms with van der Waals surface area (Å²) in [5.74, 6) is 1.87. The van der Waals surface area contributed by atoms with E-state index in [1.807, 2.05) is 0 Å². The van der Waals surface area contributed by atoms with E-state index in [0.717, 1.165) is 11.8 Å². The van der Waals surface area contributed by atoms with Crippen LogP contribution in [-0.4, -0.2) is 24.5 Å². The van der Waals surface area contributed by atoms with E-state index in [-0.39, 0.29) is 0 Å². The zero-order valence-electron chi connectivity index (χ0n) is 17.2. The Hall–Kier alpha value is -0.0400. The summed E-state index contributed by atoms with van der Waals surface area (Å²) < 4.78 is 0. The number of hydrogen-bond acceptors (Lipinski definition) is 1. The van der Waals surface area contributed by atoms with Crippen LogP contribution in [0.2, 0.25) is 0 Å². The average molecular weight is 326 g/mol. The lowest BCUT2D eigenvalue weighted by atomic mass is 9.93. The van der Waals surface area contributed by atoms with Gasteiger partial charge in [-0.2, -0.15) is 0 Å². The van der Waals surface area contributed by atoms with Crippen LogP contribution in [0.4, 0.5) is 0 Å². The molecule has 0 aliphatic heterocycles. The fourth-order valence-electron chi connectivity index (χ4n) is 3.90. The highest BCUT2D eigenvalue weighted by Gasteiger charge is 2.16. The fourth-order valence-corrected chi connectivity index (χ4v) is 3.90. The first-order chi connectivity index (χ1) is 11.2. The molecule has 2 atom stereocenters. The normalized spacial score (nSPS) is 14.3. The number of unbranched alkanes of at least 4 members (excludes halogenated alkanes) is 4. The van der Waals surface area contributed by atoms with E-state index in [0.29, 0.717) is 0 Å². The van der Waals surface area contributed by atoms with E-state index in [1.54, 1.807) is 0 Å². The molecule has 1 heteroatoms. The zero-order chi connectivity index (χ0) is 17.3. The van der Waals surface area contributed by atoms with Crippen molar-refractivity contribution in [3.63, 3.8) is 0 Å². The van der Waals surface area contributed by atoms with Crippen molar-refractivity contribution >= 4 is 0 Å². The van der Waals surface area contributed by atoms with Gasteiger partial charge in [0.15, 0.2) is 0 Å². The third kappa shape index (κ3) is 13.0. The van der Waals surface area contributed by atoms with Gasteiger partial charge in [0.25, 0.3) is 0 Å². The van der Waals surface area contributed by atoms with Crippen LogP contribution in [0, 0.1) is 11.8 Å². The standard InChI is InChI=1S/C22H47N/c1-6-11-13-17-21(15-8-3)19-23(10-5)20-22(16-9-4)18-14-12-7-2/h21-22H,6-20H2,1-5H3. The molecule has 0 heterocycles. The second kappa shape index (κ2) is 16.8. The first kappa shape index (κ1) is 23.0. The van der Waals surface area contributed by atoms with Crippen molar-refractivity contribution in [2.24, 2.45) is 11.8 Å². The summed E-state index contributed by atoms with van der Waals surface area (Å²) in [5, 5.41) is 0. The molecule has 0 aliphatic rings. The van der Waals surface area contributed by atoms with Gasteiger partial charge in [-0.1, -0.05) is 86.0 Å². The van der Waals surface area contributed by atoms with Gasteiger partial charge < -0.3 is 4.90 Å². The number of nitrogens with zero attached hydrogens (tertiary/aromatic N) is 1. The van der Waals surface area contributed by atoms with Crippen molar-refractivity contribution in [2.45, 2.75) is 112 Å². The van der Waals surface area contributed by atoms with Gasteiger partial charge in [-0.25, -0.2) is 0 Å². The molecular formula is C22H47N. The SMILES string of the molecule is CCCCCC(CCC)CN(CC)CC(CCC)CCCCC. The van der Waals surface area contributed by atoms with Crippen molar-refractivity contribution in [1.29, 1.82) is 0 Å². The Balaban J connectivity index is 4.36. The second-order valence-electron chi connectivity index (χ2n) is 7.65. The van der Waals surface area contributed by atoms with Crippen LogP contribution in [0.25, 0.3) is 0 Å². The van der Waals surface area contributed by atoms with E-state index in [4.69, 9.17) is 0 Å². The largest absolute Gasteiger partial charge is 0.303 e. The molecule has 0 saturated carbocycles. The van der Waals surface area contributed by atoms with Crippen molar-refractivity contribution in [1.82, 2.24) is 4.90 Å². The van der Waals surface area contributed by atoms with Crippen LogP contribution in [0.15, 0.2) is 0 Å². The smallest absolute Gasteiger partial charge is 0.000965 e. The Morgan fingerprint density at radius 2 is 0.957 bits per heavy atom. The van der Waals surface area contributed by atoms with Crippen LogP contribution in [-0.2, 0) is 0 Å². The number of rotatable bonds is 17. The summed E-state index contributed by atoms with van der Waals surface area (Å²) in [5.41, 5.74) is 0. The first-order valence-corrected chi connectivity index (χ1v) is 10.9. The maximum Gasteiger partial charge on any atom is 0.000965 e. The Bertz CT molecular complexity index is 204. The molecule has 0 N–H and O–H groups in total. The van der Waals surface area contributed by atoms with Crippen molar-refractivity contribution in [3.05, 3.63) is 0 Å². The molecule has 0 aliphatic carbocycles. The second-order valence-corrected chi connectivity index (χ2v) is 7.65. The molecule has 2 unspecified atom stereocenters. The van der Waals surface area contributed by atoms with Crippen molar-refractivity contribution in [2.75, 3.05) is 19.6 Å². The Morgan fingerprint density at radius 1 is 0.522 bits per heavy atom. The lowest BCUT2D eigenvalue weighted by Crippen LogP contribution is -2.34. The minimum absolute atomic E-state index is 0.935. The molecule has 0 rings (SSSR count). The van der Waals surface area contributed by atoms with Crippen LogP contribution in [0.1, 0.15) is 112 Å². The van der Waals surface area contributed by atoms with E-state index >= 15 is 0 Å². The van der Waals surface area contributed by atoms with Crippen LogP contribution in [0.5, 0.6) is 0 Å². The number of hydrogen-bond donors (Lipinski definition) is 0. The average Bonchev–Trinajstić information content (AvgIpc) is 2.54. The van der Waals surface area contributed by atoms with Gasteiger partial charge in [0.1, 0.15) is 0 Å². The predicted molar refractivity (Wildman–Crippen MR) is 107 cm³/mol. The summed E-state index contributed by atoms with van der Waals surface area (Å²) in [4.78, 5) is 2.78. The molecule has 0 spiro atoms. The molecule has 0 aromatic rings. The van der Waals surface area contributed by atoms with Crippen LogP contribution < -0.4 is 0 Å². The summed E-state index contributed by atoms with van der Waals surface area (Å²) in [7, 11) is 0. The molecular weight excluding hydrogens is 278 g/mol. The summed E-state index contributed by atoms with van der Waals surface area (Å²) in [6.45, 7) is 15.6. The highest BCUT2D eigenvalue weighted by atomic mass is 15.1. The minimum atomic E-state index is 0.935. The highest BCUT2D eigenvalue weighted by molar-refractivity contribution is 4.70. The van der Waals surface area contributed by atoms with Crippen molar-refractivity contribution < 1.29 is 0 Å². The monoisotopic (exact) mass is 325 g/mol. The van der Waals surface area contributed by atoms with E-state index < -0.39 is 0 Å². The quantitative estimate of drug-likeness (QED) is 0.253. The van der Waals surface area contributed by atoms with Gasteiger partial charge in [-0.05, 0) is 44.1 Å². The van der Waals surface area contributed by atoms with Gasteiger partial charge in [0, 0.05) is 13.1 Å². The molecule has 0 aromatic carbocycles. The minimum Gasteiger partial charge on any atom is -0.303 e. The molecule has 0 amide bonds. The molecule has 0 fully saturated rings. The summed E-state index contributed by atoms with van der Waals surface area (Å²) in [6, 6.07) is 0.